The molecular formula is C11H12O4. The van der Waals surface area contributed by atoms with Crippen LogP contribution in [0.2, 0.25) is 0 Å². The van der Waals surface area contributed by atoms with Crippen LogP contribution in [0.25, 0.3) is 0 Å². The van der Waals surface area contributed by atoms with Crippen LogP contribution in [0, 0.1) is 0 Å². The van der Waals surface area contributed by atoms with E-state index in [1.165, 1.54) is 7.11 Å². The van der Waals surface area contributed by atoms with Crippen molar-refractivity contribution in [3.05, 3.63) is 29.3 Å². The van der Waals surface area contributed by atoms with Crippen molar-refractivity contribution in [1.29, 1.82) is 0 Å². The zero-order valence-electron chi connectivity index (χ0n) is 8.40. The van der Waals surface area contributed by atoms with Crippen molar-refractivity contribution in [2.45, 2.75) is 12.8 Å². The standard InChI is InChI=1S/C11H12O4/c1-15-10-3-2-8(7-11(13)14)6-9(10)4-5-12/h2-3,5-6H,4,7H2,1H3,(H,13,14). The van der Waals surface area contributed by atoms with Crippen LogP contribution in [0.3, 0.4) is 0 Å². The normalized spacial score (nSPS) is 9.67. The first-order valence-electron chi connectivity index (χ1n) is 4.48. The zero-order chi connectivity index (χ0) is 11.3. The highest BCUT2D eigenvalue weighted by atomic mass is 16.5. The Balaban J connectivity index is 2.98. The summed E-state index contributed by atoms with van der Waals surface area (Å²) in [5.74, 6) is -0.284. The molecule has 0 aliphatic rings. The molecule has 0 fully saturated rings. The van der Waals surface area contributed by atoms with Crippen LogP contribution in [0.1, 0.15) is 11.1 Å². The third-order valence-corrected chi connectivity index (χ3v) is 2.00. The lowest BCUT2D eigenvalue weighted by Crippen LogP contribution is -2.02. The molecular weight excluding hydrogens is 196 g/mol. The summed E-state index contributed by atoms with van der Waals surface area (Å²) in [5, 5.41) is 8.61. The van der Waals surface area contributed by atoms with E-state index < -0.39 is 5.97 Å². The Bertz CT molecular complexity index is 371. The molecule has 0 radical (unpaired) electrons. The number of benzene rings is 1. The fourth-order valence-electron chi connectivity index (χ4n) is 1.37. The summed E-state index contributed by atoms with van der Waals surface area (Å²) in [7, 11) is 1.51. The first kappa shape index (κ1) is 11.2. The van der Waals surface area contributed by atoms with E-state index in [1.54, 1.807) is 18.2 Å². The molecule has 0 saturated carbocycles. The van der Waals surface area contributed by atoms with E-state index in [2.05, 4.69) is 0 Å². The number of carbonyl (C=O) groups is 2. The molecule has 0 spiro atoms. The van der Waals surface area contributed by atoms with Gasteiger partial charge < -0.3 is 14.6 Å². The molecule has 4 heteroatoms. The second kappa shape index (κ2) is 5.14. The molecule has 4 nitrogen and oxygen atoms in total. The number of hydrogen-bond acceptors (Lipinski definition) is 3. The van der Waals surface area contributed by atoms with Crippen molar-refractivity contribution in [3.63, 3.8) is 0 Å². The minimum Gasteiger partial charge on any atom is -0.496 e. The lowest BCUT2D eigenvalue weighted by Gasteiger charge is -2.07. The van der Waals surface area contributed by atoms with Crippen LogP contribution in [0.5, 0.6) is 5.75 Å². The van der Waals surface area contributed by atoms with Crippen molar-refractivity contribution < 1.29 is 19.4 Å². The summed E-state index contributed by atoms with van der Waals surface area (Å²) >= 11 is 0. The Kier molecular flexibility index (Phi) is 3.85. The van der Waals surface area contributed by atoms with Gasteiger partial charge in [0.15, 0.2) is 0 Å². The molecule has 0 atom stereocenters. The zero-order valence-corrected chi connectivity index (χ0v) is 8.40. The van der Waals surface area contributed by atoms with Gasteiger partial charge >= 0.3 is 5.97 Å². The van der Waals surface area contributed by atoms with Crippen molar-refractivity contribution >= 4 is 12.3 Å². The van der Waals surface area contributed by atoms with E-state index in [1.807, 2.05) is 0 Å². The Morgan fingerprint density at radius 2 is 2.27 bits per heavy atom. The lowest BCUT2D eigenvalue weighted by atomic mass is 10.1. The Morgan fingerprint density at radius 3 is 2.80 bits per heavy atom. The quantitative estimate of drug-likeness (QED) is 0.735. The summed E-state index contributed by atoms with van der Waals surface area (Å²) in [5.41, 5.74) is 1.38. The summed E-state index contributed by atoms with van der Waals surface area (Å²) < 4.78 is 5.05. The summed E-state index contributed by atoms with van der Waals surface area (Å²) in [6.07, 6.45) is 0.953. The number of carboxylic acids is 1. The van der Waals surface area contributed by atoms with E-state index in [0.717, 1.165) is 6.29 Å². The van der Waals surface area contributed by atoms with Gasteiger partial charge in [0.25, 0.3) is 0 Å². The molecule has 0 amide bonds. The number of ether oxygens (including phenoxy) is 1. The highest BCUT2D eigenvalue weighted by molar-refractivity contribution is 5.70. The first-order valence-corrected chi connectivity index (χ1v) is 4.48. The Labute approximate surface area is 87.5 Å². The van der Waals surface area contributed by atoms with E-state index in [0.29, 0.717) is 16.9 Å². The van der Waals surface area contributed by atoms with Crippen molar-refractivity contribution in [3.8, 4) is 5.75 Å². The van der Waals surface area contributed by atoms with Gasteiger partial charge in [0, 0.05) is 12.0 Å². The summed E-state index contributed by atoms with van der Waals surface area (Å²) in [6, 6.07) is 5.04. The van der Waals surface area contributed by atoms with Crippen molar-refractivity contribution in [2.24, 2.45) is 0 Å². The van der Waals surface area contributed by atoms with Gasteiger partial charge in [-0.25, -0.2) is 0 Å². The van der Waals surface area contributed by atoms with Crippen LogP contribution in [0.4, 0.5) is 0 Å². The maximum atomic E-state index is 10.5. The number of aliphatic carboxylic acids is 1. The van der Waals surface area contributed by atoms with E-state index in [-0.39, 0.29) is 12.8 Å². The average Bonchev–Trinajstić information content (AvgIpc) is 2.18. The Hall–Kier alpha value is -1.84. The van der Waals surface area contributed by atoms with Crippen LogP contribution in [0.15, 0.2) is 18.2 Å². The molecule has 0 saturated heterocycles. The minimum absolute atomic E-state index is 0.0458. The number of carbonyl (C=O) groups excluding carboxylic acids is 1. The number of methoxy groups -OCH3 is 1. The molecule has 0 unspecified atom stereocenters. The van der Waals surface area contributed by atoms with Gasteiger partial charge in [-0.1, -0.05) is 12.1 Å². The monoisotopic (exact) mass is 208 g/mol. The summed E-state index contributed by atoms with van der Waals surface area (Å²) in [4.78, 5) is 20.9. The highest BCUT2D eigenvalue weighted by Gasteiger charge is 2.06. The second-order valence-electron chi connectivity index (χ2n) is 3.09. The van der Waals surface area contributed by atoms with Gasteiger partial charge in [-0.3, -0.25) is 4.79 Å². The smallest absolute Gasteiger partial charge is 0.307 e. The molecule has 0 aromatic heterocycles. The van der Waals surface area contributed by atoms with Gasteiger partial charge in [-0.05, 0) is 11.6 Å². The number of rotatable bonds is 5. The van der Waals surface area contributed by atoms with E-state index in [4.69, 9.17) is 9.84 Å². The maximum absolute atomic E-state index is 10.5. The third kappa shape index (κ3) is 3.09. The highest BCUT2D eigenvalue weighted by Crippen LogP contribution is 2.20. The molecule has 1 rings (SSSR count). The van der Waals surface area contributed by atoms with Gasteiger partial charge in [0.05, 0.1) is 13.5 Å². The molecule has 0 bridgehead atoms. The third-order valence-electron chi connectivity index (χ3n) is 2.00. The Morgan fingerprint density at radius 1 is 1.53 bits per heavy atom. The van der Waals surface area contributed by atoms with Crippen LogP contribution >= 0.6 is 0 Å². The van der Waals surface area contributed by atoms with Crippen LogP contribution in [-0.4, -0.2) is 24.5 Å². The van der Waals surface area contributed by atoms with E-state index in [9.17, 15) is 9.59 Å². The molecule has 1 aromatic rings. The predicted octanol–water partition coefficient (Wildman–Crippen LogP) is 1.06. The molecule has 1 aromatic carbocycles. The average molecular weight is 208 g/mol. The number of aldehydes is 1. The summed E-state index contributed by atoms with van der Waals surface area (Å²) in [6.45, 7) is 0. The van der Waals surface area contributed by atoms with Crippen molar-refractivity contribution in [1.82, 2.24) is 0 Å². The molecule has 15 heavy (non-hydrogen) atoms. The second-order valence-corrected chi connectivity index (χ2v) is 3.09. The van der Waals surface area contributed by atoms with Gasteiger partial charge in [0.1, 0.15) is 12.0 Å². The molecule has 0 heterocycles. The van der Waals surface area contributed by atoms with Crippen LogP contribution < -0.4 is 4.74 Å². The topological polar surface area (TPSA) is 63.6 Å². The van der Waals surface area contributed by atoms with E-state index >= 15 is 0 Å². The number of hydrogen-bond donors (Lipinski definition) is 1. The molecule has 80 valence electrons. The molecule has 0 aliphatic heterocycles. The fraction of sp³-hybridized carbons (Fsp3) is 0.273. The van der Waals surface area contributed by atoms with Gasteiger partial charge in [-0.15, -0.1) is 0 Å². The molecule has 1 N–H and O–H groups in total. The predicted molar refractivity (Wildman–Crippen MR) is 54.1 cm³/mol. The van der Waals surface area contributed by atoms with Gasteiger partial charge in [-0.2, -0.15) is 0 Å². The van der Waals surface area contributed by atoms with Crippen LogP contribution in [-0.2, 0) is 22.4 Å². The first-order chi connectivity index (χ1) is 7.17. The molecule has 0 aliphatic carbocycles. The SMILES string of the molecule is COc1ccc(CC(=O)O)cc1CC=O. The lowest BCUT2D eigenvalue weighted by molar-refractivity contribution is -0.136. The van der Waals surface area contributed by atoms with Gasteiger partial charge in [0.2, 0.25) is 0 Å². The maximum Gasteiger partial charge on any atom is 0.307 e. The van der Waals surface area contributed by atoms with Crippen molar-refractivity contribution in [2.75, 3.05) is 7.11 Å². The number of carboxylic acid groups (broad SMARTS) is 1. The fourth-order valence-corrected chi connectivity index (χ4v) is 1.37. The minimum atomic E-state index is -0.891. The largest absolute Gasteiger partial charge is 0.496 e.